The summed E-state index contributed by atoms with van der Waals surface area (Å²) in [6, 6.07) is 4.36. The first kappa shape index (κ1) is 16.7. The number of methoxy groups -OCH3 is 1. The number of likely N-dealkylation sites (N-methyl/N-ethyl adjacent to an activating group) is 1. The van der Waals surface area contributed by atoms with Gasteiger partial charge in [0.1, 0.15) is 12.4 Å². The van der Waals surface area contributed by atoms with Gasteiger partial charge in [-0.1, -0.05) is 0 Å². The Bertz CT molecular complexity index is 505. The van der Waals surface area contributed by atoms with E-state index in [4.69, 9.17) is 14.6 Å². The van der Waals surface area contributed by atoms with Gasteiger partial charge in [-0.25, -0.2) is 0 Å². The van der Waals surface area contributed by atoms with E-state index < -0.39 is 10.9 Å². The maximum atomic E-state index is 11.0. The molecule has 0 radical (unpaired) electrons. The predicted octanol–water partition coefficient (Wildman–Crippen LogP) is 1.39. The van der Waals surface area contributed by atoms with E-state index in [2.05, 4.69) is 0 Å². The molecule has 0 aliphatic heterocycles. The minimum atomic E-state index is -0.867. The van der Waals surface area contributed by atoms with E-state index in [1.165, 1.54) is 19.2 Å². The van der Waals surface area contributed by atoms with Crippen LogP contribution in [0.2, 0.25) is 0 Å². The summed E-state index contributed by atoms with van der Waals surface area (Å²) in [5.41, 5.74) is -0.164. The first-order valence-corrected chi connectivity index (χ1v) is 6.29. The molecule has 1 N–H and O–H groups in total. The van der Waals surface area contributed by atoms with Crippen molar-refractivity contribution in [3.63, 3.8) is 0 Å². The summed E-state index contributed by atoms with van der Waals surface area (Å²) in [7, 11) is 3.19. The van der Waals surface area contributed by atoms with Crippen molar-refractivity contribution < 1.29 is 24.3 Å². The highest BCUT2D eigenvalue weighted by atomic mass is 16.6. The molecule has 0 aromatic heterocycles. The Labute approximate surface area is 122 Å². The number of rotatable bonds is 9. The Kier molecular flexibility index (Phi) is 6.41. The lowest BCUT2D eigenvalue weighted by atomic mass is 10.3. The van der Waals surface area contributed by atoms with Crippen LogP contribution in [0.1, 0.15) is 6.42 Å². The Morgan fingerprint density at radius 3 is 2.71 bits per heavy atom. The van der Waals surface area contributed by atoms with Gasteiger partial charge in [0.25, 0.3) is 0 Å². The summed E-state index contributed by atoms with van der Waals surface area (Å²) >= 11 is 0. The van der Waals surface area contributed by atoms with Crippen LogP contribution in [0, 0.1) is 10.1 Å². The molecule has 0 bridgehead atoms. The standard InChI is InChI=1S/C13H18N2O6/c1-14(6-5-13(16)17)7-8-21-12-4-3-10(20-2)9-11(12)15(18)19/h3-4,9H,5-8H2,1-2H3,(H,16,17). The van der Waals surface area contributed by atoms with E-state index in [-0.39, 0.29) is 24.5 Å². The summed E-state index contributed by atoms with van der Waals surface area (Å²) in [5.74, 6) is -0.325. The average Bonchev–Trinajstić information content (AvgIpc) is 2.45. The number of nitro benzene ring substituents is 1. The molecule has 0 spiro atoms. The second-order valence-electron chi connectivity index (χ2n) is 4.39. The molecule has 0 aliphatic rings. The fourth-order valence-electron chi connectivity index (χ4n) is 1.60. The molecule has 0 atom stereocenters. The van der Waals surface area contributed by atoms with Crippen molar-refractivity contribution in [2.45, 2.75) is 6.42 Å². The summed E-state index contributed by atoms with van der Waals surface area (Å²) in [5, 5.41) is 19.5. The largest absolute Gasteiger partial charge is 0.496 e. The highest BCUT2D eigenvalue weighted by Crippen LogP contribution is 2.30. The molecule has 21 heavy (non-hydrogen) atoms. The zero-order valence-electron chi connectivity index (χ0n) is 11.9. The molecular weight excluding hydrogens is 280 g/mol. The third-order valence-electron chi connectivity index (χ3n) is 2.80. The fourth-order valence-corrected chi connectivity index (χ4v) is 1.60. The lowest BCUT2D eigenvalue weighted by Crippen LogP contribution is -2.26. The summed E-state index contributed by atoms with van der Waals surface area (Å²) in [6.45, 7) is 1.09. The van der Waals surface area contributed by atoms with Gasteiger partial charge in [0, 0.05) is 13.1 Å². The van der Waals surface area contributed by atoms with Crippen LogP contribution in [0.15, 0.2) is 18.2 Å². The van der Waals surface area contributed by atoms with E-state index in [0.717, 1.165) is 0 Å². The van der Waals surface area contributed by atoms with Crippen LogP contribution in [-0.2, 0) is 4.79 Å². The van der Waals surface area contributed by atoms with Crippen LogP contribution in [0.4, 0.5) is 5.69 Å². The predicted molar refractivity (Wildman–Crippen MR) is 74.9 cm³/mol. The lowest BCUT2D eigenvalue weighted by Gasteiger charge is -2.15. The Morgan fingerprint density at radius 2 is 2.14 bits per heavy atom. The maximum absolute atomic E-state index is 11.0. The molecular formula is C13H18N2O6. The summed E-state index contributed by atoms with van der Waals surface area (Å²) < 4.78 is 10.3. The highest BCUT2D eigenvalue weighted by molar-refractivity contribution is 5.66. The molecule has 0 saturated heterocycles. The first-order chi connectivity index (χ1) is 9.93. The Hall–Kier alpha value is -2.35. The molecule has 8 heteroatoms. The Balaban J connectivity index is 2.55. The van der Waals surface area contributed by atoms with Gasteiger partial charge in [-0.05, 0) is 19.2 Å². The van der Waals surface area contributed by atoms with E-state index in [1.807, 2.05) is 0 Å². The van der Waals surface area contributed by atoms with Crippen molar-refractivity contribution >= 4 is 11.7 Å². The van der Waals surface area contributed by atoms with Crippen molar-refractivity contribution in [1.29, 1.82) is 0 Å². The second-order valence-corrected chi connectivity index (χ2v) is 4.39. The van der Waals surface area contributed by atoms with Crippen LogP contribution < -0.4 is 9.47 Å². The summed E-state index contributed by atoms with van der Waals surface area (Å²) in [6.07, 6.45) is 0.0409. The number of carboxylic acid groups (broad SMARTS) is 1. The van der Waals surface area contributed by atoms with E-state index in [0.29, 0.717) is 18.8 Å². The molecule has 1 aromatic carbocycles. The van der Waals surface area contributed by atoms with Crippen molar-refractivity contribution in [1.82, 2.24) is 4.90 Å². The SMILES string of the molecule is COc1ccc(OCCN(C)CCC(=O)O)c([N+](=O)[O-])c1. The molecule has 0 fully saturated rings. The van der Waals surface area contributed by atoms with Crippen LogP contribution in [0.3, 0.4) is 0 Å². The van der Waals surface area contributed by atoms with Crippen LogP contribution >= 0.6 is 0 Å². The van der Waals surface area contributed by atoms with Crippen LogP contribution in [0.5, 0.6) is 11.5 Å². The van der Waals surface area contributed by atoms with Crippen LogP contribution in [0.25, 0.3) is 0 Å². The van der Waals surface area contributed by atoms with Crippen molar-refractivity contribution in [3.8, 4) is 11.5 Å². The van der Waals surface area contributed by atoms with E-state index in [1.54, 1.807) is 18.0 Å². The molecule has 0 heterocycles. The third kappa shape index (κ3) is 5.65. The van der Waals surface area contributed by atoms with Gasteiger partial charge in [-0.2, -0.15) is 0 Å². The number of carboxylic acids is 1. The molecule has 0 aliphatic carbocycles. The number of aliphatic carboxylic acids is 1. The second kappa shape index (κ2) is 8.05. The molecule has 8 nitrogen and oxygen atoms in total. The molecule has 1 aromatic rings. The smallest absolute Gasteiger partial charge is 0.314 e. The van der Waals surface area contributed by atoms with E-state index in [9.17, 15) is 14.9 Å². The van der Waals surface area contributed by atoms with Crippen molar-refractivity contribution in [2.75, 3.05) is 33.9 Å². The zero-order chi connectivity index (χ0) is 15.8. The fraction of sp³-hybridized carbons (Fsp3) is 0.462. The van der Waals surface area contributed by atoms with Gasteiger partial charge < -0.3 is 19.5 Å². The minimum Gasteiger partial charge on any atom is -0.496 e. The normalized spacial score (nSPS) is 10.4. The summed E-state index contributed by atoms with van der Waals surface area (Å²) in [4.78, 5) is 22.6. The monoisotopic (exact) mass is 298 g/mol. The van der Waals surface area contributed by atoms with Gasteiger partial charge >= 0.3 is 11.7 Å². The van der Waals surface area contributed by atoms with Gasteiger partial charge in [-0.15, -0.1) is 0 Å². The lowest BCUT2D eigenvalue weighted by molar-refractivity contribution is -0.385. The van der Waals surface area contributed by atoms with Gasteiger partial charge in [-0.3, -0.25) is 14.9 Å². The molecule has 0 amide bonds. The first-order valence-electron chi connectivity index (χ1n) is 6.29. The highest BCUT2D eigenvalue weighted by Gasteiger charge is 2.16. The number of hydrogen-bond donors (Lipinski definition) is 1. The van der Waals surface area contributed by atoms with Gasteiger partial charge in [0.05, 0.1) is 24.5 Å². The van der Waals surface area contributed by atoms with Gasteiger partial charge in [0.2, 0.25) is 0 Å². The molecule has 1 rings (SSSR count). The average molecular weight is 298 g/mol. The van der Waals surface area contributed by atoms with Crippen molar-refractivity contribution in [3.05, 3.63) is 28.3 Å². The molecule has 0 unspecified atom stereocenters. The van der Waals surface area contributed by atoms with Crippen LogP contribution in [-0.4, -0.2) is 54.8 Å². The zero-order valence-corrected chi connectivity index (χ0v) is 11.9. The topological polar surface area (TPSA) is 102 Å². The molecule has 116 valence electrons. The number of benzene rings is 1. The quantitative estimate of drug-likeness (QED) is 0.543. The molecule has 0 saturated carbocycles. The number of ether oxygens (including phenoxy) is 2. The van der Waals surface area contributed by atoms with E-state index >= 15 is 0 Å². The minimum absolute atomic E-state index is 0.0409. The Morgan fingerprint density at radius 1 is 1.43 bits per heavy atom. The number of carbonyl (C=O) groups is 1. The van der Waals surface area contributed by atoms with Crippen molar-refractivity contribution in [2.24, 2.45) is 0 Å². The third-order valence-corrected chi connectivity index (χ3v) is 2.80. The number of nitro groups is 1. The maximum Gasteiger partial charge on any atom is 0.314 e. The number of nitrogens with zero attached hydrogens (tertiary/aromatic N) is 2. The van der Waals surface area contributed by atoms with Gasteiger partial charge in [0.15, 0.2) is 5.75 Å². The number of hydrogen-bond acceptors (Lipinski definition) is 6.